The predicted molar refractivity (Wildman–Crippen MR) is 62.6 cm³/mol. The van der Waals surface area contributed by atoms with Crippen LogP contribution < -0.4 is 0 Å². The lowest BCUT2D eigenvalue weighted by Crippen LogP contribution is -2.11. The Balaban J connectivity index is 3.17. The summed E-state index contributed by atoms with van der Waals surface area (Å²) in [6, 6.07) is 0. The van der Waals surface area contributed by atoms with Crippen molar-refractivity contribution in [1.82, 2.24) is 0 Å². The van der Waals surface area contributed by atoms with E-state index < -0.39 is 0 Å². The number of unbranched alkanes of at least 4 members (excludes halogenated alkanes) is 2. The molecular formula is C11H24OS. The van der Waals surface area contributed by atoms with E-state index in [9.17, 15) is 0 Å². The molecule has 0 heterocycles. The molecule has 0 aromatic carbocycles. The van der Waals surface area contributed by atoms with Crippen molar-refractivity contribution >= 4 is 12.6 Å². The number of ether oxygens (including phenoxy) is 1. The van der Waals surface area contributed by atoms with Crippen molar-refractivity contribution in [1.29, 1.82) is 0 Å². The molecule has 0 aromatic rings. The van der Waals surface area contributed by atoms with Gasteiger partial charge in [0.1, 0.15) is 0 Å². The summed E-state index contributed by atoms with van der Waals surface area (Å²) >= 11 is 4.31. The molecule has 0 bridgehead atoms. The molecule has 0 saturated carbocycles. The molecule has 0 radical (unpaired) electrons. The van der Waals surface area contributed by atoms with Crippen LogP contribution in [-0.4, -0.2) is 19.0 Å². The van der Waals surface area contributed by atoms with Gasteiger partial charge in [0.05, 0.1) is 6.61 Å². The minimum Gasteiger partial charge on any atom is -0.381 e. The molecule has 0 spiro atoms. The molecule has 0 rings (SSSR count). The van der Waals surface area contributed by atoms with Gasteiger partial charge >= 0.3 is 0 Å². The summed E-state index contributed by atoms with van der Waals surface area (Å²) in [5, 5.41) is 0. The lowest BCUT2D eigenvalue weighted by molar-refractivity contribution is 0.100. The zero-order valence-electron chi connectivity index (χ0n) is 9.09. The molecule has 13 heavy (non-hydrogen) atoms. The quantitative estimate of drug-likeness (QED) is 0.446. The second-order valence-electron chi connectivity index (χ2n) is 3.62. The summed E-state index contributed by atoms with van der Waals surface area (Å²) in [5.74, 6) is 1.62. The standard InChI is InChI=1S/C11H24OS/c1-3-5-6-8-12-9-11(10-13)7-4-2/h11,13H,3-10H2,1-2H3. The molecule has 0 aliphatic heterocycles. The summed E-state index contributed by atoms with van der Waals surface area (Å²) in [5.41, 5.74) is 0. The van der Waals surface area contributed by atoms with E-state index in [1.54, 1.807) is 0 Å². The van der Waals surface area contributed by atoms with Crippen molar-refractivity contribution < 1.29 is 4.74 Å². The normalized spacial score (nSPS) is 13.2. The van der Waals surface area contributed by atoms with Crippen LogP contribution in [0.15, 0.2) is 0 Å². The van der Waals surface area contributed by atoms with Crippen LogP contribution in [0.4, 0.5) is 0 Å². The van der Waals surface area contributed by atoms with Gasteiger partial charge in [-0.3, -0.25) is 0 Å². The van der Waals surface area contributed by atoms with Gasteiger partial charge in [-0.05, 0) is 24.5 Å². The average molecular weight is 204 g/mol. The fraction of sp³-hybridized carbons (Fsp3) is 1.00. The van der Waals surface area contributed by atoms with Crippen LogP contribution in [0.5, 0.6) is 0 Å². The maximum atomic E-state index is 5.59. The van der Waals surface area contributed by atoms with Crippen molar-refractivity contribution in [3.63, 3.8) is 0 Å². The van der Waals surface area contributed by atoms with Gasteiger partial charge in [-0.25, -0.2) is 0 Å². The Morgan fingerprint density at radius 3 is 2.46 bits per heavy atom. The highest BCUT2D eigenvalue weighted by Crippen LogP contribution is 2.09. The van der Waals surface area contributed by atoms with Crippen LogP contribution in [0.25, 0.3) is 0 Å². The number of thiol groups is 1. The lowest BCUT2D eigenvalue weighted by atomic mass is 10.1. The molecular weight excluding hydrogens is 180 g/mol. The van der Waals surface area contributed by atoms with E-state index in [0.29, 0.717) is 5.92 Å². The van der Waals surface area contributed by atoms with Gasteiger partial charge in [-0.15, -0.1) is 0 Å². The molecule has 0 amide bonds. The van der Waals surface area contributed by atoms with E-state index in [1.165, 1.54) is 32.1 Å². The van der Waals surface area contributed by atoms with Gasteiger partial charge in [-0.1, -0.05) is 33.1 Å². The summed E-state index contributed by atoms with van der Waals surface area (Å²) in [6.07, 6.45) is 6.26. The molecule has 1 atom stereocenters. The van der Waals surface area contributed by atoms with Gasteiger partial charge in [-0.2, -0.15) is 12.6 Å². The maximum absolute atomic E-state index is 5.59. The number of hydrogen-bond acceptors (Lipinski definition) is 2. The van der Waals surface area contributed by atoms with E-state index in [-0.39, 0.29) is 0 Å². The van der Waals surface area contributed by atoms with Crippen molar-refractivity contribution in [2.75, 3.05) is 19.0 Å². The van der Waals surface area contributed by atoms with Crippen LogP contribution in [0.1, 0.15) is 46.0 Å². The molecule has 0 N–H and O–H groups in total. The molecule has 0 saturated heterocycles. The van der Waals surface area contributed by atoms with Gasteiger partial charge in [0.15, 0.2) is 0 Å². The van der Waals surface area contributed by atoms with E-state index in [4.69, 9.17) is 4.74 Å². The van der Waals surface area contributed by atoms with Crippen LogP contribution in [0.2, 0.25) is 0 Å². The molecule has 0 aromatic heterocycles. The number of hydrogen-bond donors (Lipinski definition) is 1. The first-order valence-electron chi connectivity index (χ1n) is 5.53. The van der Waals surface area contributed by atoms with E-state index in [1.807, 2.05) is 0 Å². The van der Waals surface area contributed by atoms with Gasteiger partial charge < -0.3 is 4.74 Å². The third kappa shape index (κ3) is 8.63. The summed E-state index contributed by atoms with van der Waals surface area (Å²) in [7, 11) is 0. The smallest absolute Gasteiger partial charge is 0.0502 e. The fourth-order valence-electron chi connectivity index (χ4n) is 1.34. The fourth-order valence-corrected chi connectivity index (χ4v) is 1.63. The minimum absolute atomic E-state index is 0.662. The SMILES string of the molecule is CCCCCOCC(CS)CCC. The van der Waals surface area contributed by atoms with Crippen LogP contribution in [-0.2, 0) is 4.74 Å². The summed E-state index contributed by atoms with van der Waals surface area (Å²) < 4.78 is 5.59. The highest BCUT2D eigenvalue weighted by molar-refractivity contribution is 7.80. The first-order valence-corrected chi connectivity index (χ1v) is 6.16. The van der Waals surface area contributed by atoms with E-state index in [0.717, 1.165) is 19.0 Å². The van der Waals surface area contributed by atoms with Crippen molar-refractivity contribution in [3.8, 4) is 0 Å². The first kappa shape index (κ1) is 13.3. The largest absolute Gasteiger partial charge is 0.381 e. The van der Waals surface area contributed by atoms with Crippen molar-refractivity contribution in [2.24, 2.45) is 5.92 Å². The highest BCUT2D eigenvalue weighted by Gasteiger charge is 2.04. The van der Waals surface area contributed by atoms with Crippen molar-refractivity contribution in [3.05, 3.63) is 0 Å². The Morgan fingerprint density at radius 1 is 1.15 bits per heavy atom. The molecule has 80 valence electrons. The van der Waals surface area contributed by atoms with Crippen molar-refractivity contribution in [2.45, 2.75) is 46.0 Å². The van der Waals surface area contributed by atoms with Crippen LogP contribution >= 0.6 is 12.6 Å². The molecule has 0 aliphatic rings. The monoisotopic (exact) mass is 204 g/mol. The maximum Gasteiger partial charge on any atom is 0.0502 e. The second-order valence-corrected chi connectivity index (χ2v) is 3.98. The Kier molecular flexibility index (Phi) is 10.6. The minimum atomic E-state index is 0.662. The Bertz CT molecular complexity index is 96.1. The zero-order valence-corrected chi connectivity index (χ0v) is 9.98. The predicted octanol–water partition coefficient (Wildman–Crippen LogP) is 3.54. The molecule has 1 nitrogen and oxygen atoms in total. The molecule has 1 unspecified atom stereocenters. The van der Waals surface area contributed by atoms with Crippen LogP contribution in [0.3, 0.4) is 0 Å². The van der Waals surface area contributed by atoms with E-state index >= 15 is 0 Å². The number of rotatable bonds is 9. The van der Waals surface area contributed by atoms with Gasteiger partial charge in [0.2, 0.25) is 0 Å². The third-order valence-electron chi connectivity index (χ3n) is 2.20. The van der Waals surface area contributed by atoms with Gasteiger partial charge in [0.25, 0.3) is 0 Å². The topological polar surface area (TPSA) is 9.23 Å². The Labute approximate surface area is 88.7 Å². The van der Waals surface area contributed by atoms with E-state index in [2.05, 4.69) is 26.5 Å². The van der Waals surface area contributed by atoms with Gasteiger partial charge in [0, 0.05) is 6.61 Å². The Morgan fingerprint density at radius 2 is 1.92 bits per heavy atom. The molecule has 2 heteroatoms. The molecule has 0 fully saturated rings. The Hall–Kier alpha value is 0.310. The summed E-state index contributed by atoms with van der Waals surface area (Å²) in [6.45, 7) is 6.27. The molecule has 0 aliphatic carbocycles. The zero-order chi connectivity index (χ0) is 9.94. The average Bonchev–Trinajstić information content (AvgIpc) is 2.16. The first-order chi connectivity index (χ1) is 6.35. The third-order valence-corrected chi connectivity index (χ3v) is 2.72. The highest BCUT2D eigenvalue weighted by atomic mass is 32.1. The second kappa shape index (κ2) is 10.4. The van der Waals surface area contributed by atoms with Crippen LogP contribution in [0, 0.1) is 5.92 Å². The summed E-state index contributed by atoms with van der Waals surface area (Å²) in [4.78, 5) is 0. The lowest BCUT2D eigenvalue weighted by Gasteiger charge is -2.13.